The van der Waals surface area contributed by atoms with Gasteiger partial charge in [-0.25, -0.2) is 0 Å². The Morgan fingerprint density at radius 3 is 2.42 bits per heavy atom. The van der Waals surface area contributed by atoms with E-state index in [1.54, 1.807) is 0 Å². The van der Waals surface area contributed by atoms with Gasteiger partial charge in [0.05, 0.1) is 0 Å². The Bertz CT molecular complexity index is 742. The van der Waals surface area contributed by atoms with Crippen molar-refractivity contribution in [2.75, 3.05) is 7.05 Å². The minimum atomic E-state index is -0.342. The van der Waals surface area contributed by atoms with Gasteiger partial charge in [-0.3, -0.25) is 9.59 Å². The van der Waals surface area contributed by atoms with E-state index in [9.17, 15) is 9.59 Å². The lowest BCUT2D eigenvalue weighted by atomic mass is 9.46. The number of rotatable bonds is 2. The standard InChI is InChI=1S/C27H46N2O2/c1-16-15-20-18-9-10-21-26(6,14-12-22(30)29(21)8)19(18)11-13-27(20,7)23(16)17(2)28-24(31)25(3,4)5/h16-21,23H,9-15H2,1-8H3,(H,28,31)/t16?,17?,18-,19+,20+,21-,23-,26-,27+/m1/s1. The van der Waals surface area contributed by atoms with Gasteiger partial charge in [-0.05, 0) is 85.9 Å². The number of hydrogen-bond acceptors (Lipinski definition) is 2. The highest BCUT2D eigenvalue weighted by Crippen LogP contribution is 2.67. The van der Waals surface area contributed by atoms with Crippen LogP contribution < -0.4 is 5.32 Å². The van der Waals surface area contributed by atoms with Crippen LogP contribution in [0.5, 0.6) is 0 Å². The lowest BCUT2D eigenvalue weighted by molar-refractivity contribution is -0.158. The van der Waals surface area contributed by atoms with Crippen molar-refractivity contribution in [2.24, 2.45) is 45.8 Å². The summed E-state index contributed by atoms with van der Waals surface area (Å²) >= 11 is 0. The Balaban J connectivity index is 1.57. The molecule has 0 spiro atoms. The molecule has 1 saturated heterocycles. The highest BCUT2D eigenvalue weighted by Gasteiger charge is 2.63. The highest BCUT2D eigenvalue weighted by atomic mass is 16.2. The highest BCUT2D eigenvalue weighted by molar-refractivity contribution is 5.81. The summed E-state index contributed by atoms with van der Waals surface area (Å²) in [6.45, 7) is 15.8. The molecule has 1 heterocycles. The molecule has 176 valence electrons. The SMILES string of the molecule is CC1C[C@H]2[C@@H]3CC[C@H]4N(C)C(=O)CC[C@]4(C)[C@H]3CC[C@]2(C)[C@H]1C(C)NC(=O)C(C)(C)C. The van der Waals surface area contributed by atoms with E-state index in [0.717, 1.165) is 30.6 Å². The molecule has 2 unspecified atom stereocenters. The van der Waals surface area contributed by atoms with Crippen molar-refractivity contribution in [3.05, 3.63) is 0 Å². The Labute approximate surface area is 190 Å². The number of hydrogen-bond donors (Lipinski definition) is 1. The summed E-state index contributed by atoms with van der Waals surface area (Å²) in [7, 11) is 2.05. The van der Waals surface area contributed by atoms with Crippen LogP contribution in [-0.4, -0.2) is 35.8 Å². The largest absolute Gasteiger partial charge is 0.353 e. The fourth-order valence-corrected chi connectivity index (χ4v) is 9.13. The molecule has 4 aliphatic rings. The van der Waals surface area contributed by atoms with Crippen LogP contribution >= 0.6 is 0 Å². The van der Waals surface area contributed by atoms with Gasteiger partial charge in [-0.1, -0.05) is 41.5 Å². The minimum absolute atomic E-state index is 0.177. The minimum Gasteiger partial charge on any atom is -0.353 e. The zero-order valence-electron chi connectivity index (χ0n) is 21.3. The number of nitrogens with one attached hydrogen (secondary N) is 1. The molecule has 0 aromatic rings. The van der Waals surface area contributed by atoms with Crippen LogP contribution in [0, 0.1) is 45.8 Å². The molecular weight excluding hydrogens is 384 g/mol. The Morgan fingerprint density at radius 1 is 1.10 bits per heavy atom. The van der Waals surface area contributed by atoms with Crippen LogP contribution in [0.1, 0.15) is 93.4 Å². The first-order valence-electron chi connectivity index (χ1n) is 12.9. The van der Waals surface area contributed by atoms with Crippen LogP contribution in [0.15, 0.2) is 0 Å². The summed E-state index contributed by atoms with van der Waals surface area (Å²) in [4.78, 5) is 27.2. The third-order valence-electron chi connectivity index (χ3n) is 10.6. The molecule has 4 nitrogen and oxygen atoms in total. The number of nitrogens with zero attached hydrogens (tertiary/aromatic N) is 1. The monoisotopic (exact) mass is 430 g/mol. The number of carbonyl (C=O) groups excluding carboxylic acids is 2. The first kappa shape index (κ1) is 23.1. The molecule has 3 saturated carbocycles. The summed E-state index contributed by atoms with van der Waals surface area (Å²) in [6.07, 6.45) is 8.09. The summed E-state index contributed by atoms with van der Waals surface area (Å²) in [5.41, 5.74) is 0.247. The maximum Gasteiger partial charge on any atom is 0.225 e. The predicted molar refractivity (Wildman–Crippen MR) is 125 cm³/mol. The quantitative estimate of drug-likeness (QED) is 0.649. The van der Waals surface area contributed by atoms with Crippen LogP contribution in [0.3, 0.4) is 0 Å². The number of piperidine rings is 1. The van der Waals surface area contributed by atoms with Crippen LogP contribution in [0.25, 0.3) is 0 Å². The van der Waals surface area contributed by atoms with E-state index < -0.39 is 0 Å². The molecule has 0 radical (unpaired) electrons. The maximum absolute atomic E-state index is 12.7. The van der Waals surface area contributed by atoms with Gasteiger partial charge in [0.1, 0.15) is 0 Å². The second-order valence-electron chi connectivity index (χ2n) is 13.3. The van der Waals surface area contributed by atoms with Crippen molar-refractivity contribution in [2.45, 2.75) is 105 Å². The van der Waals surface area contributed by atoms with Crippen molar-refractivity contribution in [1.29, 1.82) is 0 Å². The average molecular weight is 431 g/mol. The molecule has 0 aromatic carbocycles. The summed E-state index contributed by atoms with van der Waals surface area (Å²) in [5, 5.41) is 3.40. The number of likely N-dealkylation sites (tertiary alicyclic amines) is 1. The normalized spacial score (nSPS) is 46.1. The van der Waals surface area contributed by atoms with Crippen molar-refractivity contribution >= 4 is 11.8 Å². The third kappa shape index (κ3) is 3.46. The molecule has 0 bridgehead atoms. The van der Waals surface area contributed by atoms with E-state index >= 15 is 0 Å². The smallest absolute Gasteiger partial charge is 0.225 e. The molecule has 31 heavy (non-hydrogen) atoms. The zero-order valence-corrected chi connectivity index (χ0v) is 21.3. The lowest BCUT2D eigenvalue weighted by Crippen LogP contribution is -2.61. The van der Waals surface area contributed by atoms with Gasteiger partial charge in [-0.15, -0.1) is 0 Å². The molecule has 3 aliphatic carbocycles. The first-order valence-corrected chi connectivity index (χ1v) is 12.9. The van der Waals surface area contributed by atoms with E-state index in [1.807, 2.05) is 27.8 Å². The molecule has 2 amide bonds. The molecule has 4 fully saturated rings. The lowest BCUT2D eigenvalue weighted by Gasteiger charge is -2.62. The summed E-state index contributed by atoms with van der Waals surface area (Å²) in [6, 6.07) is 0.651. The Kier molecular flexibility index (Phi) is 5.58. The van der Waals surface area contributed by atoms with E-state index in [4.69, 9.17) is 0 Å². The van der Waals surface area contributed by atoms with E-state index in [2.05, 4.69) is 37.9 Å². The van der Waals surface area contributed by atoms with Gasteiger partial charge >= 0.3 is 0 Å². The Hall–Kier alpha value is -1.06. The van der Waals surface area contributed by atoms with Gasteiger partial charge < -0.3 is 10.2 Å². The molecule has 1 aliphatic heterocycles. The molecule has 1 N–H and O–H groups in total. The third-order valence-corrected chi connectivity index (χ3v) is 10.6. The van der Waals surface area contributed by atoms with Crippen LogP contribution in [-0.2, 0) is 9.59 Å². The van der Waals surface area contributed by atoms with Crippen LogP contribution in [0.2, 0.25) is 0 Å². The molecule has 4 rings (SSSR count). The summed E-state index contributed by atoms with van der Waals surface area (Å²) < 4.78 is 0. The van der Waals surface area contributed by atoms with Gasteiger partial charge in [0.15, 0.2) is 0 Å². The average Bonchev–Trinajstić information content (AvgIpc) is 2.94. The first-order chi connectivity index (χ1) is 14.3. The second kappa shape index (κ2) is 7.48. The van der Waals surface area contributed by atoms with Crippen LogP contribution in [0.4, 0.5) is 0 Å². The number of fused-ring (bicyclic) bond motifs is 5. The second-order valence-corrected chi connectivity index (χ2v) is 13.3. The zero-order chi connectivity index (χ0) is 22.9. The summed E-state index contributed by atoms with van der Waals surface area (Å²) in [5.74, 6) is 3.98. The van der Waals surface area contributed by atoms with Crippen molar-refractivity contribution < 1.29 is 9.59 Å². The topological polar surface area (TPSA) is 49.4 Å². The van der Waals surface area contributed by atoms with Gasteiger partial charge in [0.25, 0.3) is 0 Å². The predicted octanol–water partition coefficient (Wildman–Crippen LogP) is 5.26. The van der Waals surface area contributed by atoms with Crippen molar-refractivity contribution in [1.82, 2.24) is 10.2 Å². The molecule has 9 atom stereocenters. The fourth-order valence-electron chi connectivity index (χ4n) is 9.13. The van der Waals surface area contributed by atoms with Crippen molar-refractivity contribution in [3.63, 3.8) is 0 Å². The number of amides is 2. The Morgan fingerprint density at radius 2 is 1.77 bits per heavy atom. The maximum atomic E-state index is 12.7. The van der Waals surface area contributed by atoms with Crippen molar-refractivity contribution in [3.8, 4) is 0 Å². The van der Waals surface area contributed by atoms with Gasteiger partial charge in [-0.2, -0.15) is 0 Å². The van der Waals surface area contributed by atoms with E-state index in [1.165, 1.54) is 32.1 Å². The molecular formula is C27H46N2O2. The fraction of sp³-hybridized carbons (Fsp3) is 0.926. The van der Waals surface area contributed by atoms with E-state index in [-0.39, 0.29) is 22.8 Å². The van der Waals surface area contributed by atoms with Gasteiger partial charge in [0, 0.05) is 31.0 Å². The molecule has 4 heteroatoms. The van der Waals surface area contributed by atoms with Gasteiger partial charge in [0.2, 0.25) is 11.8 Å². The number of carbonyl (C=O) groups is 2. The van der Waals surface area contributed by atoms with E-state index in [0.29, 0.717) is 29.2 Å². The molecule has 0 aromatic heterocycles.